The zero-order chi connectivity index (χ0) is 18.1. The first-order valence-corrected chi connectivity index (χ1v) is 8.64. The summed E-state index contributed by atoms with van der Waals surface area (Å²) >= 11 is 0. The lowest BCUT2D eigenvalue weighted by Crippen LogP contribution is -2.33. The van der Waals surface area contributed by atoms with Gasteiger partial charge < -0.3 is 9.64 Å². The van der Waals surface area contributed by atoms with Crippen LogP contribution in [0.2, 0.25) is 0 Å². The maximum absolute atomic E-state index is 13.1. The topological polar surface area (TPSA) is 42.4 Å². The summed E-state index contributed by atoms with van der Waals surface area (Å²) in [6, 6.07) is 15.8. The van der Waals surface area contributed by atoms with E-state index in [0.29, 0.717) is 12.2 Å². The molecular weight excluding hydrogens is 331 g/mol. The number of amides is 1. The Kier molecular flexibility index (Phi) is 4.29. The minimum atomic E-state index is -0.273. The molecule has 26 heavy (non-hydrogen) atoms. The molecule has 2 aromatic carbocycles. The van der Waals surface area contributed by atoms with Crippen LogP contribution >= 0.6 is 0 Å². The number of halogens is 1. The first kappa shape index (κ1) is 16.5. The van der Waals surface area contributed by atoms with Gasteiger partial charge in [0.05, 0.1) is 12.6 Å². The molecule has 0 saturated heterocycles. The number of aromatic nitrogens is 1. The fraction of sp³-hybridized carbons (Fsp3) is 0.238. The van der Waals surface area contributed by atoms with Gasteiger partial charge in [0.25, 0.3) is 5.91 Å². The lowest BCUT2D eigenvalue weighted by Gasteiger charge is -2.22. The molecule has 1 saturated carbocycles. The zero-order valence-electron chi connectivity index (χ0n) is 14.5. The predicted molar refractivity (Wildman–Crippen MR) is 97.6 cm³/mol. The van der Waals surface area contributed by atoms with Crippen LogP contribution in [0, 0.1) is 5.82 Å². The highest BCUT2D eigenvalue weighted by atomic mass is 19.1. The normalized spacial score (nSPS) is 13.6. The van der Waals surface area contributed by atoms with Gasteiger partial charge in [-0.2, -0.15) is 0 Å². The van der Waals surface area contributed by atoms with Gasteiger partial charge in [-0.3, -0.25) is 4.79 Å². The number of carbonyl (C=O) groups excluding carboxylic acids is 1. The van der Waals surface area contributed by atoms with Crippen molar-refractivity contribution in [2.75, 3.05) is 7.11 Å². The van der Waals surface area contributed by atoms with Crippen molar-refractivity contribution < 1.29 is 13.9 Å². The largest absolute Gasteiger partial charge is 0.497 e. The van der Waals surface area contributed by atoms with Crippen molar-refractivity contribution in [3.05, 3.63) is 71.7 Å². The van der Waals surface area contributed by atoms with E-state index >= 15 is 0 Å². The van der Waals surface area contributed by atoms with E-state index < -0.39 is 0 Å². The maximum atomic E-state index is 13.1. The van der Waals surface area contributed by atoms with Crippen molar-refractivity contribution in [1.82, 2.24) is 9.88 Å². The summed E-state index contributed by atoms with van der Waals surface area (Å²) < 4.78 is 18.3. The first-order chi connectivity index (χ1) is 12.6. The van der Waals surface area contributed by atoms with Crippen molar-refractivity contribution in [2.45, 2.75) is 25.4 Å². The Balaban J connectivity index is 1.61. The molecule has 1 fully saturated rings. The van der Waals surface area contributed by atoms with Crippen LogP contribution in [0.15, 0.2) is 54.6 Å². The van der Waals surface area contributed by atoms with E-state index in [1.54, 1.807) is 25.3 Å². The van der Waals surface area contributed by atoms with Gasteiger partial charge in [0.2, 0.25) is 0 Å². The van der Waals surface area contributed by atoms with Gasteiger partial charge in [0, 0.05) is 18.0 Å². The summed E-state index contributed by atoms with van der Waals surface area (Å²) in [6.07, 6.45) is 2.00. The molecule has 1 aliphatic carbocycles. The molecule has 0 spiro atoms. The minimum Gasteiger partial charge on any atom is -0.497 e. The van der Waals surface area contributed by atoms with E-state index in [4.69, 9.17) is 4.74 Å². The van der Waals surface area contributed by atoms with Gasteiger partial charge in [-0.25, -0.2) is 9.37 Å². The van der Waals surface area contributed by atoms with Crippen LogP contribution in [0.3, 0.4) is 0 Å². The average molecular weight is 350 g/mol. The van der Waals surface area contributed by atoms with E-state index in [0.717, 1.165) is 35.1 Å². The molecule has 0 unspecified atom stereocenters. The monoisotopic (exact) mass is 350 g/mol. The second-order valence-electron chi connectivity index (χ2n) is 6.55. The van der Waals surface area contributed by atoms with Crippen molar-refractivity contribution in [2.24, 2.45) is 0 Å². The van der Waals surface area contributed by atoms with E-state index in [1.807, 2.05) is 29.2 Å². The van der Waals surface area contributed by atoms with Gasteiger partial charge in [0.1, 0.15) is 17.3 Å². The number of benzene rings is 2. The Bertz CT molecular complexity index is 952. The smallest absolute Gasteiger partial charge is 0.273 e. The third-order valence-corrected chi connectivity index (χ3v) is 4.63. The van der Waals surface area contributed by atoms with Gasteiger partial charge in [-0.15, -0.1) is 0 Å². The van der Waals surface area contributed by atoms with Crippen LogP contribution in [-0.4, -0.2) is 28.9 Å². The highest BCUT2D eigenvalue weighted by molar-refractivity contribution is 5.95. The fourth-order valence-corrected chi connectivity index (χ4v) is 3.04. The second-order valence-corrected chi connectivity index (χ2v) is 6.55. The summed E-state index contributed by atoms with van der Waals surface area (Å²) in [5.41, 5.74) is 2.10. The molecule has 3 aromatic rings. The molecule has 1 aromatic heterocycles. The molecule has 0 radical (unpaired) electrons. The van der Waals surface area contributed by atoms with Crippen molar-refractivity contribution >= 4 is 16.8 Å². The number of ether oxygens (including phenoxy) is 1. The molecule has 1 heterocycles. The Labute approximate surface area is 151 Å². The van der Waals surface area contributed by atoms with Crippen LogP contribution in [0.4, 0.5) is 4.39 Å². The number of methoxy groups -OCH3 is 1. The predicted octanol–water partition coefficient (Wildman–Crippen LogP) is 4.19. The van der Waals surface area contributed by atoms with E-state index in [2.05, 4.69) is 4.98 Å². The molecule has 132 valence electrons. The molecule has 0 N–H and O–H groups in total. The highest BCUT2D eigenvalue weighted by Crippen LogP contribution is 2.30. The quantitative estimate of drug-likeness (QED) is 0.693. The maximum Gasteiger partial charge on any atom is 0.273 e. The number of rotatable bonds is 5. The molecule has 0 bridgehead atoms. The molecule has 4 rings (SSSR count). The summed E-state index contributed by atoms with van der Waals surface area (Å²) in [7, 11) is 1.62. The summed E-state index contributed by atoms with van der Waals surface area (Å²) in [5, 5.41) is 0.928. The Morgan fingerprint density at radius 3 is 2.62 bits per heavy atom. The first-order valence-electron chi connectivity index (χ1n) is 8.64. The SMILES string of the molecule is COc1ccc2nc(C(=O)N(Cc3ccc(F)cc3)C3CC3)ccc2c1. The summed E-state index contributed by atoms with van der Waals surface area (Å²) in [4.78, 5) is 19.4. The van der Waals surface area contributed by atoms with E-state index in [9.17, 15) is 9.18 Å². The highest BCUT2D eigenvalue weighted by Gasteiger charge is 2.33. The lowest BCUT2D eigenvalue weighted by molar-refractivity contribution is 0.0724. The van der Waals surface area contributed by atoms with Gasteiger partial charge in [-0.05, 0) is 54.8 Å². The standard InChI is InChI=1S/C21H19FN2O2/c1-26-18-9-11-19-15(12-18)4-10-20(23-19)21(25)24(17-7-8-17)13-14-2-5-16(22)6-3-14/h2-6,9-12,17H,7-8,13H2,1H3. The average Bonchev–Trinajstić information content (AvgIpc) is 3.51. The number of fused-ring (bicyclic) bond motifs is 1. The van der Waals surface area contributed by atoms with E-state index in [-0.39, 0.29) is 17.8 Å². The number of hydrogen-bond acceptors (Lipinski definition) is 3. The van der Waals surface area contributed by atoms with Crippen LogP contribution in [0.1, 0.15) is 28.9 Å². The van der Waals surface area contributed by atoms with Gasteiger partial charge in [0.15, 0.2) is 0 Å². The third-order valence-electron chi connectivity index (χ3n) is 4.63. The van der Waals surface area contributed by atoms with Crippen molar-refractivity contribution in [1.29, 1.82) is 0 Å². The third kappa shape index (κ3) is 3.38. The van der Waals surface area contributed by atoms with Crippen LogP contribution in [0.5, 0.6) is 5.75 Å². The molecule has 1 amide bonds. The van der Waals surface area contributed by atoms with Crippen LogP contribution in [-0.2, 0) is 6.54 Å². The summed E-state index contributed by atoms with van der Waals surface area (Å²) in [5.74, 6) is 0.397. The van der Waals surface area contributed by atoms with Crippen LogP contribution in [0.25, 0.3) is 10.9 Å². The molecule has 0 aliphatic heterocycles. The van der Waals surface area contributed by atoms with Gasteiger partial charge >= 0.3 is 0 Å². The Morgan fingerprint density at radius 1 is 1.15 bits per heavy atom. The van der Waals surface area contributed by atoms with Crippen molar-refractivity contribution in [3.8, 4) is 5.75 Å². The second kappa shape index (κ2) is 6.75. The fourth-order valence-electron chi connectivity index (χ4n) is 3.04. The molecular formula is C21H19FN2O2. The number of carbonyl (C=O) groups is 1. The number of nitrogens with zero attached hydrogens (tertiary/aromatic N) is 2. The zero-order valence-corrected chi connectivity index (χ0v) is 14.5. The lowest BCUT2D eigenvalue weighted by atomic mass is 10.1. The number of hydrogen-bond donors (Lipinski definition) is 0. The summed E-state index contributed by atoms with van der Waals surface area (Å²) in [6.45, 7) is 0.464. The molecule has 0 atom stereocenters. The van der Waals surface area contributed by atoms with E-state index in [1.165, 1.54) is 12.1 Å². The molecule has 4 nitrogen and oxygen atoms in total. The van der Waals surface area contributed by atoms with Gasteiger partial charge in [-0.1, -0.05) is 18.2 Å². The Hall–Kier alpha value is -2.95. The van der Waals surface area contributed by atoms with Crippen molar-refractivity contribution in [3.63, 3.8) is 0 Å². The minimum absolute atomic E-state index is 0.0884. The molecule has 5 heteroatoms. The molecule has 1 aliphatic rings. The Morgan fingerprint density at radius 2 is 1.92 bits per heavy atom. The number of pyridine rings is 1. The van der Waals surface area contributed by atoms with Crippen LogP contribution < -0.4 is 4.74 Å².